The van der Waals surface area contributed by atoms with Crippen molar-refractivity contribution in [2.75, 3.05) is 6.61 Å². The zero-order valence-corrected chi connectivity index (χ0v) is 10.8. The third-order valence-corrected chi connectivity index (χ3v) is 2.57. The van der Waals surface area contributed by atoms with E-state index < -0.39 is 5.97 Å². The number of hydrogen-bond acceptors (Lipinski definition) is 4. The molecule has 17 heavy (non-hydrogen) atoms. The monoisotopic (exact) mass is 295 g/mol. The standard InChI is InChI=1S/C12H10BrNO3/c1-2-17-12(16)5-8-3-10(13)4-9(6-14)11(8)7-15/h3-4,7H,2,5H2,1H3. The summed E-state index contributed by atoms with van der Waals surface area (Å²) in [5.41, 5.74) is 0.974. The van der Waals surface area contributed by atoms with Crippen LogP contribution < -0.4 is 0 Å². The van der Waals surface area contributed by atoms with Gasteiger partial charge in [-0.25, -0.2) is 0 Å². The van der Waals surface area contributed by atoms with Gasteiger partial charge in [-0.3, -0.25) is 9.59 Å². The Balaban J connectivity index is 3.14. The lowest BCUT2D eigenvalue weighted by Gasteiger charge is -2.07. The maximum Gasteiger partial charge on any atom is 0.310 e. The highest BCUT2D eigenvalue weighted by molar-refractivity contribution is 9.10. The van der Waals surface area contributed by atoms with E-state index in [9.17, 15) is 9.59 Å². The first-order valence-electron chi connectivity index (χ1n) is 4.95. The number of carbonyl (C=O) groups excluding carboxylic acids is 2. The third kappa shape index (κ3) is 3.40. The second-order valence-electron chi connectivity index (χ2n) is 3.24. The van der Waals surface area contributed by atoms with Gasteiger partial charge < -0.3 is 4.74 Å². The van der Waals surface area contributed by atoms with Gasteiger partial charge in [-0.05, 0) is 24.6 Å². The number of ether oxygens (including phenoxy) is 1. The van der Waals surface area contributed by atoms with E-state index in [0.717, 1.165) is 0 Å². The lowest BCUT2D eigenvalue weighted by molar-refractivity contribution is -0.142. The average Bonchev–Trinajstić information content (AvgIpc) is 2.28. The number of nitriles is 1. The second kappa shape index (κ2) is 6.16. The van der Waals surface area contributed by atoms with Crippen molar-refractivity contribution in [3.63, 3.8) is 0 Å². The van der Waals surface area contributed by atoms with Gasteiger partial charge in [0.15, 0.2) is 6.29 Å². The van der Waals surface area contributed by atoms with E-state index in [1.807, 2.05) is 6.07 Å². The Labute approximate surface area is 107 Å². The van der Waals surface area contributed by atoms with Crippen LogP contribution in [0, 0.1) is 11.3 Å². The second-order valence-corrected chi connectivity index (χ2v) is 4.15. The van der Waals surface area contributed by atoms with Crippen molar-refractivity contribution < 1.29 is 14.3 Å². The molecule has 0 aliphatic carbocycles. The zero-order chi connectivity index (χ0) is 12.8. The van der Waals surface area contributed by atoms with E-state index in [4.69, 9.17) is 10.00 Å². The van der Waals surface area contributed by atoms with E-state index in [0.29, 0.717) is 16.3 Å². The summed E-state index contributed by atoms with van der Waals surface area (Å²) in [7, 11) is 0. The summed E-state index contributed by atoms with van der Waals surface area (Å²) in [6, 6.07) is 5.10. The van der Waals surface area contributed by atoms with Crippen molar-refractivity contribution >= 4 is 28.2 Å². The summed E-state index contributed by atoms with van der Waals surface area (Å²) in [6.07, 6.45) is 0.565. The molecule has 0 radical (unpaired) electrons. The van der Waals surface area contributed by atoms with Crippen LogP contribution in [0.4, 0.5) is 0 Å². The lowest BCUT2D eigenvalue weighted by Crippen LogP contribution is -2.10. The summed E-state index contributed by atoms with van der Waals surface area (Å²) >= 11 is 3.23. The third-order valence-electron chi connectivity index (χ3n) is 2.11. The minimum absolute atomic E-state index is 0.0178. The maximum atomic E-state index is 11.4. The van der Waals surface area contributed by atoms with Gasteiger partial charge in [0, 0.05) is 10.0 Å². The molecule has 0 heterocycles. The van der Waals surface area contributed by atoms with Gasteiger partial charge in [0.25, 0.3) is 0 Å². The molecule has 1 aromatic rings. The minimum Gasteiger partial charge on any atom is -0.466 e. The number of carbonyl (C=O) groups is 2. The fraction of sp³-hybridized carbons (Fsp3) is 0.250. The molecule has 1 aromatic carbocycles. The molecule has 0 saturated heterocycles. The van der Waals surface area contributed by atoms with Crippen molar-refractivity contribution in [2.45, 2.75) is 13.3 Å². The highest BCUT2D eigenvalue weighted by Crippen LogP contribution is 2.20. The number of nitrogens with zero attached hydrogens (tertiary/aromatic N) is 1. The first-order valence-corrected chi connectivity index (χ1v) is 5.75. The Bertz CT molecular complexity index is 491. The van der Waals surface area contributed by atoms with E-state index in [2.05, 4.69) is 15.9 Å². The van der Waals surface area contributed by atoms with Crippen molar-refractivity contribution in [3.05, 3.63) is 33.3 Å². The quantitative estimate of drug-likeness (QED) is 0.631. The van der Waals surface area contributed by atoms with Gasteiger partial charge in [-0.15, -0.1) is 0 Å². The molecule has 0 aliphatic rings. The van der Waals surface area contributed by atoms with E-state index in [1.54, 1.807) is 19.1 Å². The number of hydrogen-bond donors (Lipinski definition) is 0. The largest absolute Gasteiger partial charge is 0.466 e. The number of aldehydes is 1. The first kappa shape index (κ1) is 13.4. The molecule has 0 bridgehead atoms. The van der Waals surface area contributed by atoms with Gasteiger partial charge in [-0.2, -0.15) is 5.26 Å². The predicted molar refractivity (Wildman–Crippen MR) is 64.6 cm³/mol. The molecular formula is C12H10BrNO3. The Kier molecular flexibility index (Phi) is 4.85. The van der Waals surface area contributed by atoms with E-state index in [1.165, 1.54) is 0 Å². The summed E-state index contributed by atoms with van der Waals surface area (Å²) in [5, 5.41) is 8.89. The topological polar surface area (TPSA) is 67.2 Å². The SMILES string of the molecule is CCOC(=O)Cc1cc(Br)cc(C#N)c1C=O. The smallest absolute Gasteiger partial charge is 0.310 e. The van der Waals surface area contributed by atoms with Crippen LogP contribution in [0.5, 0.6) is 0 Å². The van der Waals surface area contributed by atoms with Crippen molar-refractivity contribution in [3.8, 4) is 6.07 Å². The Morgan fingerprint density at radius 3 is 2.82 bits per heavy atom. The zero-order valence-electron chi connectivity index (χ0n) is 9.20. The van der Waals surface area contributed by atoms with E-state index >= 15 is 0 Å². The van der Waals surface area contributed by atoms with Crippen LogP contribution in [0.2, 0.25) is 0 Å². The van der Waals surface area contributed by atoms with Crippen LogP contribution in [0.1, 0.15) is 28.4 Å². The molecule has 0 fully saturated rings. The molecule has 0 saturated carbocycles. The lowest BCUT2D eigenvalue weighted by atomic mass is 10.0. The van der Waals surface area contributed by atoms with Gasteiger partial charge >= 0.3 is 5.97 Å². The summed E-state index contributed by atoms with van der Waals surface area (Å²) in [6.45, 7) is 1.99. The van der Waals surface area contributed by atoms with Crippen LogP contribution in [-0.2, 0) is 16.0 Å². The molecule has 0 N–H and O–H groups in total. The van der Waals surface area contributed by atoms with Gasteiger partial charge in [-0.1, -0.05) is 15.9 Å². The van der Waals surface area contributed by atoms with Crippen LogP contribution in [0.15, 0.2) is 16.6 Å². The fourth-order valence-electron chi connectivity index (χ4n) is 1.42. The van der Waals surface area contributed by atoms with E-state index in [-0.39, 0.29) is 24.2 Å². The highest BCUT2D eigenvalue weighted by atomic mass is 79.9. The summed E-state index contributed by atoms with van der Waals surface area (Å²) < 4.78 is 5.46. The summed E-state index contributed by atoms with van der Waals surface area (Å²) in [5.74, 6) is -0.419. The van der Waals surface area contributed by atoms with Crippen molar-refractivity contribution in [1.29, 1.82) is 5.26 Å². The fourth-order valence-corrected chi connectivity index (χ4v) is 1.93. The molecule has 0 spiro atoms. The first-order chi connectivity index (χ1) is 8.12. The molecule has 0 atom stereocenters. The molecule has 1 rings (SSSR count). The van der Waals surface area contributed by atoms with Crippen molar-refractivity contribution in [2.24, 2.45) is 0 Å². The molecule has 5 heteroatoms. The molecular weight excluding hydrogens is 286 g/mol. The van der Waals surface area contributed by atoms with Crippen LogP contribution >= 0.6 is 15.9 Å². The normalized spacial score (nSPS) is 9.47. The van der Waals surface area contributed by atoms with Crippen molar-refractivity contribution in [1.82, 2.24) is 0 Å². The number of rotatable bonds is 4. The van der Waals surface area contributed by atoms with Crippen LogP contribution in [-0.4, -0.2) is 18.9 Å². The molecule has 0 aromatic heterocycles. The Hall–Kier alpha value is -1.67. The minimum atomic E-state index is -0.419. The number of esters is 1. The molecule has 0 amide bonds. The predicted octanol–water partition coefficient (Wildman–Crippen LogP) is 2.24. The van der Waals surface area contributed by atoms with Crippen LogP contribution in [0.25, 0.3) is 0 Å². The summed E-state index contributed by atoms with van der Waals surface area (Å²) in [4.78, 5) is 22.3. The Morgan fingerprint density at radius 1 is 1.59 bits per heavy atom. The number of halogens is 1. The molecule has 4 nitrogen and oxygen atoms in total. The van der Waals surface area contributed by atoms with Gasteiger partial charge in [0.05, 0.1) is 24.7 Å². The number of benzene rings is 1. The van der Waals surface area contributed by atoms with Crippen LogP contribution in [0.3, 0.4) is 0 Å². The highest BCUT2D eigenvalue weighted by Gasteiger charge is 2.13. The average molecular weight is 296 g/mol. The Morgan fingerprint density at radius 2 is 2.29 bits per heavy atom. The maximum absolute atomic E-state index is 11.4. The molecule has 0 aliphatic heterocycles. The van der Waals surface area contributed by atoms with Gasteiger partial charge in [0.1, 0.15) is 0 Å². The molecule has 0 unspecified atom stereocenters. The molecule has 88 valence electrons. The van der Waals surface area contributed by atoms with Gasteiger partial charge in [0.2, 0.25) is 0 Å².